The summed E-state index contributed by atoms with van der Waals surface area (Å²) in [5, 5.41) is 8.26. The van der Waals surface area contributed by atoms with Gasteiger partial charge in [0, 0.05) is 12.1 Å². The Morgan fingerprint density at radius 3 is 2.57 bits per heavy atom. The van der Waals surface area contributed by atoms with Crippen molar-refractivity contribution in [2.75, 3.05) is 5.32 Å². The van der Waals surface area contributed by atoms with Crippen molar-refractivity contribution in [3.63, 3.8) is 0 Å². The summed E-state index contributed by atoms with van der Waals surface area (Å²) in [7, 11) is 1.58. The normalized spacial score (nSPS) is 15.8. The lowest BCUT2D eigenvalue weighted by Crippen LogP contribution is -2.22. The first kappa shape index (κ1) is 14.4. The second-order valence-electron chi connectivity index (χ2n) is 5.31. The van der Waals surface area contributed by atoms with Crippen molar-refractivity contribution in [3.05, 3.63) is 56.4 Å². The van der Waals surface area contributed by atoms with Crippen LogP contribution in [-0.2, 0) is 7.05 Å². The number of hydrogen-bond acceptors (Lipinski definition) is 3. The zero-order valence-electron chi connectivity index (χ0n) is 11.5. The number of rotatable bonds is 4. The molecule has 2 aromatic rings. The molecule has 1 aromatic carbocycles. The fourth-order valence-corrected chi connectivity index (χ4v) is 2.70. The van der Waals surface area contributed by atoms with Gasteiger partial charge in [-0.3, -0.25) is 4.79 Å². The van der Waals surface area contributed by atoms with Crippen LogP contribution in [-0.4, -0.2) is 9.78 Å². The minimum atomic E-state index is -0.299. The summed E-state index contributed by atoms with van der Waals surface area (Å²) in [4.78, 5) is 11.8. The van der Waals surface area contributed by atoms with Crippen LogP contribution in [0.2, 0.25) is 10.0 Å². The smallest absolute Gasteiger partial charge is 0.287 e. The highest BCUT2D eigenvalue weighted by Crippen LogP contribution is 2.43. The molecule has 6 heteroatoms. The molecular formula is C15H15Cl2N3O. The molecule has 0 aliphatic heterocycles. The van der Waals surface area contributed by atoms with Crippen LogP contribution >= 0.6 is 23.2 Å². The van der Waals surface area contributed by atoms with E-state index in [1.807, 2.05) is 24.3 Å². The van der Waals surface area contributed by atoms with Crippen LogP contribution in [0, 0.1) is 5.92 Å². The maximum Gasteiger partial charge on any atom is 0.287 e. The highest BCUT2D eigenvalue weighted by molar-refractivity contribution is 6.33. The number of nitrogens with one attached hydrogen (secondary N) is 1. The molecule has 0 spiro atoms. The Morgan fingerprint density at radius 2 is 1.95 bits per heavy atom. The Balaban J connectivity index is 1.91. The molecule has 4 nitrogen and oxygen atoms in total. The number of anilines is 1. The Bertz CT molecular complexity index is 708. The minimum Gasteiger partial charge on any atom is -0.375 e. The zero-order valence-corrected chi connectivity index (χ0v) is 13.0. The van der Waals surface area contributed by atoms with E-state index >= 15 is 0 Å². The molecule has 1 heterocycles. The third-order valence-electron chi connectivity index (χ3n) is 3.71. The van der Waals surface area contributed by atoms with Gasteiger partial charge in [-0.1, -0.05) is 35.3 Å². The van der Waals surface area contributed by atoms with E-state index in [0.717, 1.165) is 18.4 Å². The second-order valence-corrected chi connectivity index (χ2v) is 6.13. The van der Waals surface area contributed by atoms with Gasteiger partial charge in [-0.25, -0.2) is 4.68 Å². The topological polar surface area (TPSA) is 46.9 Å². The molecule has 1 aliphatic carbocycles. The quantitative estimate of drug-likeness (QED) is 0.934. The summed E-state index contributed by atoms with van der Waals surface area (Å²) >= 11 is 12.1. The molecule has 0 saturated heterocycles. The van der Waals surface area contributed by atoms with Crippen LogP contribution < -0.4 is 10.9 Å². The van der Waals surface area contributed by atoms with Crippen LogP contribution in [0.4, 0.5) is 5.69 Å². The van der Waals surface area contributed by atoms with Crippen LogP contribution in [0.5, 0.6) is 0 Å². The molecule has 0 bridgehead atoms. The highest BCUT2D eigenvalue weighted by atomic mass is 35.5. The SMILES string of the molecule is Cn1ncc(NC(c2ccc(Cl)cc2)C2CC2)c(Cl)c1=O. The van der Waals surface area contributed by atoms with E-state index in [-0.39, 0.29) is 16.6 Å². The van der Waals surface area contributed by atoms with Gasteiger partial charge in [0.15, 0.2) is 0 Å². The largest absolute Gasteiger partial charge is 0.375 e. The predicted octanol–water partition coefficient (Wildman–Crippen LogP) is 3.65. The van der Waals surface area contributed by atoms with Crippen molar-refractivity contribution in [1.29, 1.82) is 0 Å². The van der Waals surface area contributed by atoms with Gasteiger partial charge in [-0.2, -0.15) is 5.10 Å². The molecule has 1 fully saturated rings. The molecule has 0 radical (unpaired) electrons. The van der Waals surface area contributed by atoms with Gasteiger partial charge in [0.1, 0.15) is 5.02 Å². The minimum absolute atomic E-state index is 0.119. The van der Waals surface area contributed by atoms with Crippen molar-refractivity contribution in [2.24, 2.45) is 13.0 Å². The number of aromatic nitrogens is 2. The van der Waals surface area contributed by atoms with E-state index in [0.29, 0.717) is 16.6 Å². The summed E-state index contributed by atoms with van der Waals surface area (Å²) in [6, 6.07) is 7.87. The second kappa shape index (κ2) is 5.70. The number of nitrogens with zero attached hydrogens (tertiary/aromatic N) is 2. The van der Waals surface area contributed by atoms with Crippen molar-refractivity contribution in [2.45, 2.75) is 18.9 Å². The van der Waals surface area contributed by atoms with Gasteiger partial charge in [-0.05, 0) is 36.5 Å². The van der Waals surface area contributed by atoms with E-state index in [1.165, 1.54) is 4.68 Å². The summed E-state index contributed by atoms with van der Waals surface area (Å²) in [5.74, 6) is 0.548. The fraction of sp³-hybridized carbons (Fsp3) is 0.333. The molecule has 1 saturated carbocycles. The highest BCUT2D eigenvalue weighted by Gasteiger charge is 2.32. The number of benzene rings is 1. The lowest BCUT2D eigenvalue weighted by molar-refractivity contribution is 0.669. The van der Waals surface area contributed by atoms with Gasteiger partial charge < -0.3 is 5.32 Å². The van der Waals surface area contributed by atoms with E-state index < -0.39 is 0 Å². The third-order valence-corrected chi connectivity index (χ3v) is 4.33. The van der Waals surface area contributed by atoms with Gasteiger partial charge >= 0.3 is 0 Å². The molecule has 1 N–H and O–H groups in total. The van der Waals surface area contributed by atoms with Crippen molar-refractivity contribution >= 4 is 28.9 Å². The van der Waals surface area contributed by atoms with E-state index in [2.05, 4.69) is 10.4 Å². The maximum atomic E-state index is 11.8. The zero-order chi connectivity index (χ0) is 15.0. The Hall–Kier alpha value is -1.52. The summed E-state index contributed by atoms with van der Waals surface area (Å²) in [5.41, 5.74) is 1.41. The van der Waals surface area contributed by atoms with E-state index in [9.17, 15) is 4.79 Å². The van der Waals surface area contributed by atoms with E-state index in [1.54, 1.807) is 13.2 Å². The molecule has 110 valence electrons. The predicted molar refractivity (Wildman–Crippen MR) is 85.0 cm³/mol. The van der Waals surface area contributed by atoms with Crippen molar-refractivity contribution < 1.29 is 0 Å². The average Bonchev–Trinajstić information content (AvgIpc) is 3.30. The van der Waals surface area contributed by atoms with E-state index in [4.69, 9.17) is 23.2 Å². The lowest BCUT2D eigenvalue weighted by atomic mass is 10.0. The number of halogens is 2. The first-order chi connectivity index (χ1) is 10.1. The molecule has 21 heavy (non-hydrogen) atoms. The molecule has 1 atom stereocenters. The molecule has 0 amide bonds. The first-order valence-electron chi connectivity index (χ1n) is 6.80. The summed E-state index contributed by atoms with van der Waals surface area (Å²) < 4.78 is 1.22. The fourth-order valence-electron chi connectivity index (χ4n) is 2.35. The molecular weight excluding hydrogens is 309 g/mol. The summed E-state index contributed by atoms with van der Waals surface area (Å²) in [6.07, 6.45) is 3.92. The average molecular weight is 324 g/mol. The van der Waals surface area contributed by atoms with Crippen LogP contribution in [0.15, 0.2) is 35.3 Å². The van der Waals surface area contributed by atoms with Crippen molar-refractivity contribution in [1.82, 2.24) is 9.78 Å². The monoisotopic (exact) mass is 323 g/mol. The Kier molecular flexibility index (Phi) is 3.91. The number of hydrogen-bond donors (Lipinski definition) is 1. The molecule has 1 unspecified atom stereocenters. The van der Waals surface area contributed by atoms with Gasteiger partial charge in [0.25, 0.3) is 5.56 Å². The van der Waals surface area contributed by atoms with Gasteiger partial charge in [-0.15, -0.1) is 0 Å². The summed E-state index contributed by atoms with van der Waals surface area (Å²) in [6.45, 7) is 0. The maximum absolute atomic E-state index is 11.8. The van der Waals surface area contributed by atoms with Crippen LogP contribution in [0.1, 0.15) is 24.4 Å². The van der Waals surface area contributed by atoms with Gasteiger partial charge in [0.05, 0.1) is 17.9 Å². The van der Waals surface area contributed by atoms with Crippen LogP contribution in [0.25, 0.3) is 0 Å². The van der Waals surface area contributed by atoms with Crippen molar-refractivity contribution in [3.8, 4) is 0 Å². The standard InChI is InChI=1S/C15H15Cl2N3O/c1-20-15(21)13(17)12(8-18-20)19-14(9-2-3-9)10-4-6-11(16)7-5-10/h4-9,14,19H,2-3H2,1H3. The van der Waals surface area contributed by atoms with Gasteiger partial charge in [0.2, 0.25) is 0 Å². The first-order valence-corrected chi connectivity index (χ1v) is 7.55. The van der Waals surface area contributed by atoms with Crippen LogP contribution in [0.3, 0.4) is 0 Å². The molecule has 3 rings (SSSR count). The molecule has 1 aromatic heterocycles. The number of aryl methyl sites for hydroxylation is 1. The lowest BCUT2D eigenvalue weighted by Gasteiger charge is -2.20. The Labute approximate surface area is 132 Å². The Morgan fingerprint density at radius 1 is 1.29 bits per heavy atom. The molecule has 1 aliphatic rings. The third kappa shape index (κ3) is 3.06.